The van der Waals surface area contributed by atoms with Gasteiger partial charge in [-0.25, -0.2) is 9.97 Å². The highest BCUT2D eigenvalue weighted by Crippen LogP contribution is 2.23. The zero-order valence-corrected chi connectivity index (χ0v) is 12.0. The van der Waals surface area contributed by atoms with Crippen molar-refractivity contribution in [3.63, 3.8) is 0 Å². The summed E-state index contributed by atoms with van der Waals surface area (Å²) in [4.78, 5) is 8.35. The monoisotopic (exact) mass is 271 g/mol. The van der Waals surface area contributed by atoms with Gasteiger partial charge >= 0.3 is 0 Å². The number of benzene rings is 1. The van der Waals surface area contributed by atoms with Crippen LogP contribution in [-0.2, 0) is 6.42 Å². The minimum absolute atomic E-state index is 0.175. The Morgan fingerprint density at radius 1 is 1.25 bits per heavy atom. The first kappa shape index (κ1) is 14.5. The fraction of sp³-hybridized carbons (Fsp3) is 0.375. The first-order valence-electron chi connectivity index (χ1n) is 6.96. The van der Waals surface area contributed by atoms with Gasteiger partial charge in [0.1, 0.15) is 12.1 Å². The van der Waals surface area contributed by atoms with Crippen LogP contribution in [0.3, 0.4) is 0 Å². The van der Waals surface area contributed by atoms with Gasteiger partial charge in [0.15, 0.2) is 0 Å². The molecule has 0 spiro atoms. The van der Waals surface area contributed by atoms with Crippen LogP contribution in [0.4, 0.5) is 0 Å². The van der Waals surface area contributed by atoms with Crippen LogP contribution in [0.5, 0.6) is 5.75 Å². The number of aromatic nitrogens is 2. The van der Waals surface area contributed by atoms with Crippen molar-refractivity contribution in [2.45, 2.75) is 25.8 Å². The molecule has 0 saturated heterocycles. The van der Waals surface area contributed by atoms with E-state index in [1.165, 1.54) is 5.56 Å². The fourth-order valence-electron chi connectivity index (χ4n) is 2.20. The zero-order valence-electron chi connectivity index (χ0n) is 12.0. The molecule has 1 unspecified atom stereocenters. The number of para-hydroxylation sites is 1. The average molecular weight is 271 g/mol. The van der Waals surface area contributed by atoms with Crippen molar-refractivity contribution < 1.29 is 4.74 Å². The second-order valence-corrected chi connectivity index (χ2v) is 4.66. The Hall–Kier alpha value is -1.94. The lowest BCUT2D eigenvalue weighted by molar-refractivity contribution is 0.404. The Balaban J connectivity index is 2.19. The molecule has 1 N–H and O–H groups in total. The van der Waals surface area contributed by atoms with Crippen LogP contribution in [0, 0.1) is 0 Å². The SMILES string of the molecule is CCCNC(Cc1ccccc1OC)c1ccncn1. The third-order valence-corrected chi connectivity index (χ3v) is 3.22. The van der Waals surface area contributed by atoms with Gasteiger partial charge in [-0.05, 0) is 37.1 Å². The molecule has 0 fully saturated rings. The van der Waals surface area contributed by atoms with E-state index >= 15 is 0 Å². The third kappa shape index (κ3) is 3.78. The Kier molecular flexibility index (Phi) is 5.50. The van der Waals surface area contributed by atoms with Gasteiger partial charge in [0, 0.05) is 6.20 Å². The summed E-state index contributed by atoms with van der Waals surface area (Å²) >= 11 is 0. The minimum atomic E-state index is 0.175. The first-order chi connectivity index (χ1) is 9.85. The third-order valence-electron chi connectivity index (χ3n) is 3.22. The molecule has 0 saturated carbocycles. The van der Waals surface area contributed by atoms with E-state index in [1.807, 2.05) is 24.3 Å². The molecule has 4 heteroatoms. The van der Waals surface area contributed by atoms with E-state index in [1.54, 1.807) is 19.6 Å². The summed E-state index contributed by atoms with van der Waals surface area (Å²) in [6.07, 6.45) is 5.32. The van der Waals surface area contributed by atoms with Gasteiger partial charge in [-0.2, -0.15) is 0 Å². The summed E-state index contributed by atoms with van der Waals surface area (Å²) in [7, 11) is 1.71. The molecule has 0 aliphatic rings. The largest absolute Gasteiger partial charge is 0.496 e. The topological polar surface area (TPSA) is 47.0 Å². The molecule has 20 heavy (non-hydrogen) atoms. The summed E-state index contributed by atoms with van der Waals surface area (Å²) in [5.74, 6) is 0.921. The molecule has 1 aromatic heterocycles. The van der Waals surface area contributed by atoms with Crippen molar-refractivity contribution in [2.75, 3.05) is 13.7 Å². The maximum atomic E-state index is 5.43. The lowest BCUT2D eigenvalue weighted by Gasteiger charge is -2.19. The van der Waals surface area contributed by atoms with Crippen molar-refractivity contribution in [2.24, 2.45) is 0 Å². The average Bonchev–Trinajstić information content (AvgIpc) is 2.52. The first-order valence-corrected chi connectivity index (χ1v) is 6.96. The summed E-state index contributed by atoms with van der Waals surface area (Å²) in [5, 5.41) is 3.54. The zero-order chi connectivity index (χ0) is 14.2. The quantitative estimate of drug-likeness (QED) is 0.841. The highest BCUT2D eigenvalue weighted by atomic mass is 16.5. The molecule has 0 aliphatic carbocycles. The van der Waals surface area contributed by atoms with Crippen LogP contribution in [0.15, 0.2) is 42.9 Å². The van der Waals surface area contributed by atoms with Gasteiger partial charge in [-0.1, -0.05) is 25.1 Å². The summed E-state index contributed by atoms with van der Waals surface area (Å²) in [6, 6.07) is 10.3. The Labute approximate surface area is 120 Å². The van der Waals surface area contributed by atoms with Crippen molar-refractivity contribution in [3.8, 4) is 5.75 Å². The molecule has 2 aromatic rings. The number of nitrogens with one attached hydrogen (secondary N) is 1. The smallest absolute Gasteiger partial charge is 0.122 e. The lowest BCUT2D eigenvalue weighted by Crippen LogP contribution is -2.25. The van der Waals surface area contributed by atoms with E-state index < -0.39 is 0 Å². The van der Waals surface area contributed by atoms with Gasteiger partial charge in [-0.15, -0.1) is 0 Å². The van der Waals surface area contributed by atoms with Crippen LogP contribution in [0.25, 0.3) is 0 Å². The molecule has 0 radical (unpaired) electrons. The van der Waals surface area contributed by atoms with Crippen LogP contribution < -0.4 is 10.1 Å². The number of nitrogens with zero attached hydrogens (tertiary/aromatic N) is 2. The number of methoxy groups -OCH3 is 1. The normalized spacial score (nSPS) is 12.1. The number of rotatable bonds is 7. The van der Waals surface area contributed by atoms with Gasteiger partial charge in [0.2, 0.25) is 0 Å². The fourth-order valence-corrected chi connectivity index (χ4v) is 2.20. The van der Waals surface area contributed by atoms with Crippen molar-refractivity contribution in [1.82, 2.24) is 15.3 Å². The molecule has 0 aliphatic heterocycles. The van der Waals surface area contributed by atoms with E-state index in [4.69, 9.17) is 4.74 Å². The van der Waals surface area contributed by atoms with Crippen molar-refractivity contribution >= 4 is 0 Å². The number of hydrogen-bond acceptors (Lipinski definition) is 4. The summed E-state index contributed by atoms with van der Waals surface area (Å²) in [5.41, 5.74) is 2.20. The molecular weight excluding hydrogens is 250 g/mol. The standard InChI is InChI=1S/C16H21N3O/c1-3-9-18-15(14-8-10-17-12-19-14)11-13-6-4-5-7-16(13)20-2/h4-8,10,12,15,18H,3,9,11H2,1-2H3. The molecule has 0 bridgehead atoms. The Bertz CT molecular complexity index is 516. The molecular formula is C16H21N3O. The van der Waals surface area contributed by atoms with Crippen molar-refractivity contribution in [1.29, 1.82) is 0 Å². The summed E-state index contributed by atoms with van der Waals surface area (Å²) < 4.78 is 5.43. The van der Waals surface area contributed by atoms with E-state index in [0.29, 0.717) is 0 Å². The van der Waals surface area contributed by atoms with Gasteiger partial charge in [-0.3, -0.25) is 0 Å². The maximum absolute atomic E-state index is 5.43. The predicted molar refractivity (Wildman–Crippen MR) is 79.8 cm³/mol. The van der Waals surface area contributed by atoms with E-state index in [-0.39, 0.29) is 6.04 Å². The highest BCUT2D eigenvalue weighted by Gasteiger charge is 2.15. The molecule has 1 heterocycles. The van der Waals surface area contributed by atoms with Gasteiger partial charge in [0.05, 0.1) is 18.8 Å². The molecule has 1 atom stereocenters. The minimum Gasteiger partial charge on any atom is -0.496 e. The van der Waals surface area contributed by atoms with Crippen LogP contribution in [-0.4, -0.2) is 23.6 Å². The Morgan fingerprint density at radius 3 is 2.80 bits per heavy atom. The van der Waals surface area contributed by atoms with Crippen LogP contribution in [0.2, 0.25) is 0 Å². The van der Waals surface area contributed by atoms with E-state index in [2.05, 4.69) is 28.3 Å². The summed E-state index contributed by atoms with van der Waals surface area (Å²) in [6.45, 7) is 3.12. The Morgan fingerprint density at radius 2 is 2.10 bits per heavy atom. The highest BCUT2D eigenvalue weighted by molar-refractivity contribution is 5.34. The van der Waals surface area contributed by atoms with E-state index in [0.717, 1.165) is 30.8 Å². The van der Waals surface area contributed by atoms with Crippen LogP contribution >= 0.6 is 0 Å². The second kappa shape index (κ2) is 7.60. The molecule has 106 valence electrons. The van der Waals surface area contributed by atoms with Gasteiger partial charge < -0.3 is 10.1 Å². The molecule has 2 rings (SSSR count). The molecule has 4 nitrogen and oxygen atoms in total. The second-order valence-electron chi connectivity index (χ2n) is 4.66. The van der Waals surface area contributed by atoms with Crippen LogP contribution in [0.1, 0.15) is 30.6 Å². The maximum Gasteiger partial charge on any atom is 0.122 e. The number of ether oxygens (including phenoxy) is 1. The van der Waals surface area contributed by atoms with E-state index in [9.17, 15) is 0 Å². The van der Waals surface area contributed by atoms with Gasteiger partial charge in [0.25, 0.3) is 0 Å². The lowest BCUT2D eigenvalue weighted by atomic mass is 10.0. The van der Waals surface area contributed by atoms with Crippen molar-refractivity contribution in [3.05, 3.63) is 54.1 Å². The molecule has 1 aromatic carbocycles. The molecule has 0 amide bonds. The number of hydrogen-bond donors (Lipinski definition) is 1. The predicted octanol–water partition coefficient (Wildman–Crippen LogP) is 2.77.